The topological polar surface area (TPSA) is 65.9 Å². The first kappa shape index (κ1) is 26.0. The normalized spacial score (nSPS) is 12.3. The van der Waals surface area contributed by atoms with E-state index in [1.54, 1.807) is 6.07 Å². The van der Waals surface area contributed by atoms with Crippen LogP contribution in [0.4, 0.5) is 13.2 Å². The van der Waals surface area contributed by atoms with Gasteiger partial charge in [0.15, 0.2) is 5.96 Å². The molecule has 2 rings (SSSR count). The Balaban J connectivity index is 0.00000450. The van der Waals surface area contributed by atoms with Crippen molar-refractivity contribution in [2.75, 3.05) is 19.6 Å². The minimum atomic E-state index is -2.88. The molecule has 166 valence electrons. The van der Waals surface area contributed by atoms with Crippen LogP contribution in [0.3, 0.4) is 0 Å². The Morgan fingerprint density at radius 2 is 1.87 bits per heavy atom. The number of benzene rings is 2. The molecule has 2 aromatic rings. The highest BCUT2D eigenvalue weighted by molar-refractivity contribution is 14.0. The van der Waals surface area contributed by atoms with E-state index in [9.17, 15) is 18.3 Å². The van der Waals surface area contributed by atoms with Gasteiger partial charge >= 0.3 is 6.61 Å². The van der Waals surface area contributed by atoms with E-state index in [1.807, 2.05) is 13.0 Å². The molecule has 0 fully saturated rings. The number of nitrogens with zero attached hydrogens (tertiary/aromatic N) is 1. The van der Waals surface area contributed by atoms with Gasteiger partial charge in [0.05, 0.1) is 12.6 Å². The monoisotopic (exact) mass is 537 g/mol. The SMILES string of the molecule is CCNC(=NCC(O)c1ccc(OC(F)F)cc1)NCCCc1cccc(F)c1.I. The molecule has 0 heterocycles. The third-order valence-corrected chi connectivity index (χ3v) is 4.08. The molecule has 0 aromatic heterocycles. The van der Waals surface area contributed by atoms with E-state index in [1.165, 1.54) is 36.4 Å². The molecule has 0 aliphatic carbocycles. The molecule has 5 nitrogen and oxygen atoms in total. The second kappa shape index (κ2) is 14.1. The van der Waals surface area contributed by atoms with Crippen molar-refractivity contribution in [3.05, 3.63) is 65.5 Å². The van der Waals surface area contributed by atoms with Crippen molar-refractivity contribution in [3.63, 3.8) is 0 Å². The molecule has 0 radical (unpaired) electrons. The molecule has 30 heavy (non-hydrogen) atoms. The van der Waals surface area contributed by atoms with Gasteiger partial charge in [-0.25, -0.2) is 4.39 Å². The van der Waals surface area contributed by atoms with Crippen LogP contribution in [0.5, 0.6) is 5.75 Å². The van der Waals surface area contributed by atoms with Crippen molar-refractivity contribution < 1.29 is 23.0 Å². The minimum Gasteiger partial charge on any atom is -0.435 e. The smallest absolute Gasteiger partial charge is 0.387 e. The molecular weight excluding hydrogens is 510 g/mol. The van der Waals surface area contributed by atoms with Crippen LogP contribution in [-0.2, 0) is 6.42 Å². The first-order valence-electron chi connectivity index (χ1n) is 9.47. The molecule has 3 N–H and O–H groups in total. The van der Waals surface area contributed by atoms with Gasteiger partial charge in [0.2, 0.25) is 0 Å². The molecule has 0 bridgehead atoms. The first-order chi connectivity index (χ1) is 14.0. The molecule has 9 heteroatoms. The standard InChI is InChI=1S/C21H26F3N3O2.HI/c1-2-25-21(26-12-4-6-15-5-3-7-17(22)13-15)27-14-19(28)16-8-10-18(11-9-16)29-20(23)24;/h3,5,7-11,13,19-20,28H,2,4,6,12,14H2,1H3,(H2,25,26,27);1H. The summed E-state index contributed by atoms with van der Waals surface area (Å²) in [6.45, 7) is 0.449. The van der Waals surface area contributed by atoms with Gasteiger partial charge in [0, 0.05) is 13.1 Å². The molecular formula is C21H27F3IN3O2. The van der Waals surface area contributed by atoms with Crippen LogP contribution in [0.25, 0.3) is 0 Å². The largest absolute Gasteiger partial charge is 0.435 e. The summed E-state index contributed by atoms with van der Waals surface area (Å²) in [6, 6.07) is 12.3. The number of aliphatic imine (C=N–C) groups is 1. The Kier molecular flexibility index (Phi) is 12.2. The lowest BCUT2D eigenvalue weighted by atomic mass is 10.1. The lowest BCUT2D eigenvalue weighted by Crippen LogP contribution is -2.38. The van der Waals surface area contributed by atoms with Crippen LogP contribution in [0.1, 0.15) is 30.6 Å². The number of ether oxygens (including phenoxy) is 1. The Morgan fingerprint density at radius 1 is 1.13 bits per heavy atom. The number of halogens is 4. The molecule has 1 atom stereocenters. The summed E-state index contributed by atoms with van der Waals surface area (Å²) in [4.78, 5) is 4.35. The van der Waals surface area contributed by atoms with Gasteiger partial charge in [0.25, 0.3) is 0 Å². The molecule has 0 spiro atoms. The summed E-state index contributed by atoms with van der Waals surface area (Å²) in [6.07, 6.45) is 0.653. The molecule has 0 saturated carbocycles. The maximum absolute atomic E-state index is 13.2. The predicted molar refractivity (Wildman–Crippen MR) is 122 cm³/mol. The Morgan fingerprint density at radius 3 is 2.50 bits per heavy atom. The number of guanidine groups is 1. The van der Waals surface area contributed by atoms with Crippen LogP contribution < -0.4 is 15.4 Å². The van der Waals surface area contributed by atoms with Crippen LogP contribution in [0.15, 0.2) is 53.5 Å². The number of nitrogens with one attached hydrogen (secondary N) is 2. The number of aliphatic hydroxyl groups excluding tert-OH is 1. The fourth-order valence-corrected chi connectivity index (χ4v) is 2.69. The van der Waals surface area contributed by atoms with E-state index >= 15 is 0 Å². The van der Waals surface area contributed by atoms with Gasteiger partial charge in [-0.05, 0) is 55.2 Å². The van der Waals surface area contributed by atoms with Crippen molar-refractivity contribution in [3.8, 4) is 5.75 Å². The van der Waals surface area contributed by atoms with Gasteiger partial charge in [-0.2, -0.15) is 8.78 Å². The van der Waals surface area contributed by atoms with E-state index in [4.69, 9.17) is 0 Å². The number of hydrogen-bond acceptors (Lipinski definition) is 3. The molecule has 0 amide bonds. The van der Waals surface area contributed by atoms with Crippen molar-refractivity contribution in [2.45, 2.75) is 32.5 Å². The quantitative estimate of drug-likeness (QED) is 0.184. The summed E-state index contributed by atoms with van der Waals surface area (Å²) < 4.78 is 41.8. The maximum Gasteiger partial charge on any atom is 0.387 e. The van der Waals surface area contributed by atoms with Crippen LogP contribution >= 0.6 is 24.0 Å². The third kappa shape index (κ3) is 9.66. The number of rotatable bonds is 10. The third-order valence-electron chi connectivity index (χ3n) is 4.08. The lowest BCUT2D eigenvalue weighted by molar-refractivity contribution is -0.0498. The summed E-state index contributed by atoms with van der Waals surface area (Å²) in [5.41, 5.74) is 1.49. The van der Waals surface area contributed by atoms with E-state index < -0.39 is 12.7 Å². The Bertz CT molecular complexity index is 776. The van der Waals surface area contributed by atoms with Crippen LogP contribution in [-0.4, -0.2) is 37.3 Å². The number of hydrogen-bond donors (Lipinski definition) is 3. The van der Waals surface area contributed by atoms with E-state index in [0.29, 0.717) is 24.6 Å². The predicted octanol–water partition coefficient (Wildman–Crippen LogP) is 4.27. The second-order valence-corrected chi connectivity index (χ2v) is 6.34. The van der Waals surface area contributed by atoms with Gasteiger partial charge in [-0.15, -0.1) is 24.0 Å². The average molecular weight is 537 g/mol. The Hall–Kier alpha value is -2.01. The fraction of sp³-hybridized carbons (Fsp3) is 0.381. The van der Waals surface area contributed by atoms with Gasteiger partial charge < -0.3 is 20.5 Å². The zero-order valence-electron chi connectivity index (χ0n) is 16.7. The zero-order chi connectivity index (χ0) is 21.1. The number of alkyl halides is 2. The fourth-order valence-electron chi connectivity index (χ4n) is 2.69. The van der Waals surface area contributed by atoms with Crippen molar-refractivity contribution in [1.82, 2.24) is 10.6 Å². The summed E-state index contributed by atoms with van der Waals surface area (Å²) >= 11 is 0. The molecule has 0 aliphatic rings. The highest BCUT2D eigenvalue weighted by Crippen LogP contribution is 2.19. The summed E-state index contributed by atoms with van der Waals surface area (Å²) in [5.74, 6) is 0.351. The lowest BCUT2D eigenvalue weighted by Gasteiger charge is -2.14. The molecule has 1 unspecified atom stereocenters. The molecule has 2 aromatic carbocycles. The molecule has 0 aliphatic heterocycles. The summed E-state index contributed by atoms with van der Waals surface area (Å²) in [5, 5.41) is 16.5. The first-order valence-corrected chi connectivity index (χ1v) is 9.47. The zero-order valence-corrected chi connectivity index (χ0v) is 19.0. The van der Waals surface area contributed by atoms with E-state index in [2.05, 4.69) is 20.4 Å². The van der Waals surface area contributed by atoms with E-state index in [0.717, 1.165) is 18.4 Å². The molecule has 0 saturated heterocycles. The van der Waals surface area contributed by atoms with Crippen LogP contribution in [0, 0.1) is 5.82 Å². The highest BCUT2D eigenvalue weighted by Gasteiger charge is 2.09. The minimum absolute atomic E-state index is 0. The van der Waals surface area contributed by atoms with Crippen molar-refractivity contribution >= 4 is 29.9 Å². The average Bonchev–Trinajstić information content (AvgIpc) is 2.69. The van der Waals surface area contributed by atoms with Gasteiger partial charge in [-0.1, -0.05) is 24.3 Å². The highest BCUT2D eigenvalue weighted by atomic mass is 127. The summed E-state index contributed by atoms with van der Waals surface area (Å²) in [7, 11) is 0. The van der Waals surface area contributed by atoms with Gasteiger partial charge in [0.1, 0.15) is 11.6 Å². The Labute approximate surface area is 191 Å². The number of aliphatic hydroxyl groups is 1. The van der Waals surface area contributed by atoms with Crippen molar-refractivity contribution in [2.24, 2.45) is 4.99 Å². The van der Waals surface area contributed by atoms with E-state index in [-0.39, 0.29) is 42.1 Å². The maximum atomic E-state index is 13.2. The van der Waals surface area contributed by atoms with Gasteiger partial charge in [-0.3, -0.25) is 4.99 Å². The second-order valence-electron chi connectivity index (χ2n) is 6.34. The van der Waals surface area contributed by atoms with Crippen LogP contribution in [0.2, 0.25) is 0 Å². The number of aryl methyl sites for hydroxylation is 1. The van der Waals surface area contributed by atoms with Crippen molar-refractivity contribution in [1.29, 1.82) is 0 Å².